The van der Waals surface area contributed by atoms with E-state index >= 15 is 0 Å². The maximum absolute atomic E-state index is 12.4. The number of carbonyl (C=O) groups is 1. The van der Waals surface area contributed by atoms with Gasteiger partial charge in [0, 0.05) is 64.0 Å². The number of hydrogen-bond donors (Lipinski definition) is 2. The van der Waals surface area contributed by atoms with Gasteiger partial charge < -0.3 is 20.1 Å². The van der Waals surface area contributed by atoms with Crippen LogP contribution in [-0.4, -0.2) is 60.0 Å². The van der Waals surface area contributed by atoms with Crippen molar-refractivity contribution >= 4 is 41.5 Å². The summed E-state index contributed by atoms with van der Waals surface area (Å²) in [5.41, 5.74) is 2.96. The highest BCUT2D eigenvalue weighted by Crippen LogP contribution is 2.26. The summed E-state index contributed by atoms with van der Waals surface area (Å²) in [5.74, 6) is 1.23. The van der Waals surface area contributed by atoms with Gasteiger partial charge >= 0.3 is 0 Å². The Morgan fingerprint density at radius 2 is 1.97 bits per heavy atom. The fraction of sp³-hybridized carbons (Fsp3) is 0.522. The minimum Gasteiger partial charge on any atom is -0.364 e. The summed E-state index contributed by atoms with van der Waals surface area (Å²) in [5, 5.41) is 10.6. The van der Waals surface area contributed by atoms with Gasteiger partial charge in [0.2, 0.25) is 5.91 Å². The van der Waals surface area contributed by atoms with E-state index in [1.54, 1.807) is 6.26 Å². The molecule has 2 N–H and O–H groups in total. The zero-order valence-corrected chi connectivity index (χ0v) is 21.0. The number of guanidine groups is 1. The Balaban J connectivity index is 0.00000289. The van der Waals surface area contributed by atoms with Crippen LogP contribution in [0.4, 0.5) is 5.69 Å². The molecule has 1 saturated heterocycles. The number of hydrogen-bond acceptors (Lipinski definition) is 5. The summed E-state index contributed by atoms with van der Waals surface area (Å²) in [6.07, 6.45) is 5.96. The molecule has 1 aliphatic carbocycles. The van der Waals surface area contributed by atoms with E-state index in [-0.39, 0.29) is 35.8 Å². The van der Waals surface area contributed by atoms with Crippen molar-refractivity contribution in [3.8, 4) is 0 Å². The first-order valence-electron chi connectivity index (χ1n) is 11.2. The van der Waals surface area contributed by atoms with Gasteiger partial charge in [0.25, 0.3) is 0 Å². The second-order valence-corrected chi connectivity index (χ2v) is 8.33. The molecule has 0 radical (unpaired) electrons. The standard InChI is InChI=1S/C23H32N6O2.HI/c1-24-23(29-12-10-28(11-13-29)17-21-9-14-31-27-21)25-16-18-5-4-8-20(15-18)26-22(30)19-6-2-3-7-19;/h4-5,8-9,14-15,19H,2-3,6-7,10-13,16-17H2,1H3,(H,24,25)(H,26,30);1H. The van der Waals surface area contributed by atoms with E-state index in [2.05, 4.69) is 36.6 Å². The summed E-state index contributed by atoms with van der Waals surface area (Å²) in [6, 6.07) is 9.98. The minimum absolute atomic E-state index is 0. The SMILES string of the molecule is CN=C(NCc1cccc(NC(=O)C2CCCC2)c1)N1CCN(Cc2ccon2)CC1.I. The Morgan fingerprint density at radius 3 is 2.66 bits per heavy atom. The topological polar surface area (TPSA) is 86.0 Å². The van der Waals surface area contributed by atoms with E-state index in [1.165, 1.54) is 0 Å². The van der Waals surface area contributed by atoms with Crippen LogP contribution in [0.25, 0.3) is 0 Å². The van der Waals surface area contributed by atoms with Crippen molar-refractivity contribution in [3.63, 3.8) is 0 Å². The average Bonchev–Trinajstić information content (AvgIpc) is 3.50. The van der Waals surface area contributed by atoms with Crippen LogP contribution in [0.15, 0.2) is 46.1 Å². The number of benzene rings is 1. The highest BCUT2D eigenvalue weighted by molar-refractivity contribution is 14.0. The smallest absolute Gasteiger partial charge is 0.227 e. The van der Waals surface area contributed by atoms with Gasteiger partial charge in [-0.25, -0.2) is 0 Å². The molecule has 1 aromatic heterocycles. The number of amides is 1. The molecule has 0 unspecified atom stereocenters. The van der Waals surface area contributed by atoms with Gasteiger partial charge in [-0.15, -0.1) is 24.0 Å². The second kappa shape index (κ2) is 12.2. The normalized spacial score (nSPS) is 17.8. The molecule has 1 saturated carbocycles. The summed E-state index contributed by atoms with van der Waals surface area (Å²) >= 11 is 0. The van der Waals surface area contributed by atoms with Gasteiger partial charge in [0.15, 0.2) is 5.96 Å². The Kier molecular flexibility index (Phi) is 9.34. The van der Waals surface area contributed by atoms with Crippen molar-refractivity contribution in [2.45, 2.75) is 38.8 Å². The number of anilines is 1. The predicted molar refractivity (Wildman–Crippen MR) is 136 cm³/mol. The summed E-state index contributed by atoms with van der Waals surface area (Å²) in [4.78, 5) is 21.5. The number of aromatic nitrogens is 1. The maximum atomic E-state index is 12.4. The number of nitrogens with one attached hydrogen (secondary N) is 2. The molecule has 0 bridgehead atoms. The molecule has 1 aliphatic heterocycles. The number of aliphatic imine (C=N–C) groups is 1. The number of piperazine rings is 1. The molecule has 32 heavy (non-hydrogen) atoms. The summed E-state index contributed by atoms with van der Waals surface area (Å²) in [6.45, 7) is 5.21. The third-order valence-corrected chi connectivity index (χ3v) is 6.13. The van der Waals surface area contributed by atoms with Gasteiger partial charge in [-0.2, -0.15) is 0 Å². The molecule has 0 spiro atoms. The van der Waals surface area contributed by atoms with Gasteiger partial charge in [-0.3, -0.25) is 14.7 Å². The molecule has 2 fully saturated rings. The van der Waals surface area contributed by atoms with E-state index in [0.29, 0.717) is 6.54 Å². The predicted octanol–water partition coefficient (Wildman–Crippen LogP) is 3.31. The zero-order valence-electron chi connectivity index (χ0n) is 18.6. The van der Waals surface area contributed by atoms with Gasteiger partial charge in [0.1, 0.15) is 6.26 Å². The Morgan fingerprint density at radius 1 is 1.19 bits per heavy atom. The van der Waals surface area contributed by atoms with E-state index in [1.807, 2.05) is 31.3 Å². The van der Waals surface area contributed by atoms with Crippen LogP contribution in [0.1, 0.15) is 36.9 Å². The van der Waals surface area contributed by atoms with E-state index < -0.39 is 0 Å². The van der Waals surface area contributed by atoms with Crippen LogP contribution in [0.3, 0.4) is 0 Å². The first-order valence-corrected chi connectivity index (χ1v) is 11.2. The third-order valence-electron chi connectivity index (χ3n) is 6.13. The van der Waals surface area contributed by atoms with Gasteiger partial charge in [-0.1, -0.05) is 30.1 Å². The number of carbonyl (C=O) groups excluding carboxylic acids is 1. The maximum Gasteiger partial charge on any atom is 0.227 e. The molecular weight excluding hydrogens is 519 g/mol. The summed E-state index contributed by atoms with van der Waals surface area (Å²) in [7, 11) is 1.82. The molecule has 2 heterocycles. The minimum atomic E-state index is 0. The van der Waals surface area contributed by atoms with E-state index in [0.717, 1.165) is 81.3 Å². The van der Waals surface area contributed by atoms with Gasteiger partial charge in [-0.05, 0) is 30.5 Å². The molecule has 174 valence electrons. The van der Waals surface area contributed by atoms with Crippen molar-refractivity contribution in [3.05, 3.63) is 47.9 Å². The molecule has 0 atom stereocenters. The Labute approximate surface area is 206 Å². The Hall–Kier alpha value is -2.14. The van der Waals surface area contributed by atoms with Crippen molar-refractivity contribution < 1.29 is 9.32 Å². The van der Waals surface area contributed by atoms with Crippen LogP contribution < -0.4 is 10.6 Å². The number of halogens is 1. The molecule has 8 nitrogen and oxygen atoms in total. The van der Waals surface area contributed by atoms with Crippen LogP contribution in [0, 0.1) is 5.92 Å². The summed E-state index contributed by atoms with van der Waals surface area (Å²) < 4.78 is 4.92. The lowest BCUT2D eigenvalue weighted by Crippen LogP contribution is -2.52. The van der Waals surface area contributed by atoms with E-state index in [4.69, 9.17) is 4.52 Å². The molecule has 9 heteroatoms. The van der Waals surface area contributed by atoms with Crippen molar-refractivity contribution in [2.75, 3.05) is 38.5 Å². The van der Waals surface area contributed by atoms with Crippen LogP contribution in [-0.2, 0) is 17.9 Å². The second-order valence-electron chi connectivity index (χ2n) is 8.33. The monoisotopic (exact) mass is 552 g/mol. The van der Waals surface area contributed by atoms with Crippen LogP contribution >= 0.6 is 24.0 Å². The van der Waals surface area contributed by atoms with Crippen molar-refractivity contribution in [1.82, 2.24) is 20.3 Å². The van der Waals surface area contributed by atoms with Crippen LogP contribution in [0.5, 0.6) is 0 Å². The van der Waals surface area contributed by atoms with Crippen LogP contribution in [0.2, 0.25) is 0 Å². The lowest BCUT2D eigenvalue weighted by Gasteiger charge is -2.36. The lowest BCUT2D eigenvalue weighted by atomic mass is 10.1. The average molecular weight is 552 g/mol. The first-order chi connectivity index (χ1) is 15.2. The fourth-order valence-electron chi connectivity index (χ4n) is 4.37. The molecule has 2 aliphatic rings. The van der Waals surface area contributed by atoms with Crippen molar-refractivity contribution in [2.24, 2.45) is 10.9 Å². The highest BCUT2D eigenvalue weighted by Gasteiger charge is 2.23. The quantitative estimate of drug-likeness (QED) is 0.325. The first kappa shape index (κ1) is 24.5. The van der Waals surface area contributed by atoms with Crippen molar-refractivity contribution in [1.29, 1.82) is 0 Å². The largest absolute Gasteiger partial charge is 0.364 e. The molecule has 1 aromatic carbocycles. The van der Waals surface area contributed by atoms with E-state index in [9.17, 15) is 4.79 Å². The molecular formula is C23H33IN6O2. The zero-order chi connectivity index (χ0) is 21.5. The lowest BCUT2D eigenvalue weighted by molar-refractivity contribution is -0.119. The molecule has 4 rings (SSSR count). The highest BCUT2D eigenvalue weighted by atomic mass is 127. The fourth-order valence-corrected chi connectivity index (χ4v) is 4.37. The third kappa shape index (κ3) is 6.68. The number of rotatable bonds is 6. The van der Waals surface area contributed by atoms with Gasteiger partial charge in [0.05, 0.1) is 5.69 Å². The Bertz CT molecular complexity index is 874. The number of nitrogens with zero attached hydrogens (tertiary/aromatic N) is 4. The molecule has 1 amide bonds. The molecule has 2 aromatic rings.